The maximum absolute atomic E-state index is 14.0. The zero-order valence-electron chi connectivity index (χ0n) is 22.2. The van der Waals surface area contributed by atoms with Crippen LogP contribution in [0.25, 0.3) is 0 Å². The minimum Gasteiger partial charge on any atom is -0.365 e. The van der Waals surface area contributed by atoms with E-state index in [1.165, 1.54) is 6.42 Å². The molecule has 1 aliphatic carbocycles. The SMILES string of the molecule is C=C(C)C=C(C=CC)N(C(=O)COCc1cnccn1)C(C(=O)NC1CCCCC1)c1ccccc1C. The van der Waals surface area contributed by atoms with Gasteiger partial charge in [-0.2, -0.15) is 0 Å². The Kier molecular flexibility index (Phi) is 10.8. The maximum Gasteiger partial charge on any atom is 0.254 e. The summed E-state index contributed by atoms with van der Waals surface area (Å²) < 4.78 is 5.74. The fourth-order valence-corrected chi connectivity index (χ4v) is 4.59. The van der Waals surface area contributed by atoms with Gasteiger partial charge in [0.1, 0.15) is 12.6 Å². The minimum absolute atomic E-state index is 0.105. The van der Waals surface area contributed by atoms with Crippen LogP contribution in [0.3, 0.4) is 0 Å². The van der Waals surface area contributed by atoms with Crippen molar-refractivity contribution in [2.45, 2.75) is 71.6 Å². The summed E-state index contributed by atoms with van der Waals surface area (Å²) in [7, 11) is 0. The molecule has 0 aliphatic heterocycles. The van der Waals surface area contributed by atoms with E-state index in [0.717, 1.165) is 42.4 Å². The summed E-state index contributed by atoms with van der Waals surface area (Å²) in [6, 6.07) is 6.94. The Bertz CT molecular complexity index is 1120. The van der Waals surface area contributed by atoms with Gasteiger partial charge in [0, 0.05) is 24.1 Å². The quantitative estimate of drug-likeness (QED) is 0.419. The van der Waals surface area contributed by atoms with Crippen LogP contribution in [0.4, 0.5) is 0 Å². The highest BCUT2D eigenvalue weighted by Gasteiger charge is 2.35. The Morgan fingerprint density at radius 1 is 1.22 bits per heavy atom. The van der Waals surface area contributed by atoms with E-state index in [1.807, 2.05) is 63.3 Å². The molecule has 37 heavy (non-hydrogen) atoms. The molecule has 1 N–H and O–H groups in total. The number of ether oxygens (including phenoxy) is 1. The summed E-state index contributed by atoms with van der Waals surface area (Å²) in [5, 5.41) is 3.25. The van der Waals surface area contributed by atoms with Gasteiger partial charge in [0.25, 0.3) is 5.91 Å². The smallest absolute Gasteiger partial charge is 0.254 e. The first-order valence-electron chi connectivity index (χ1n) is 12.9. The lowest BCUT2D eigenvalue weighted by Crippen LogP contribution is -2.47. The standard InChI is InChI=1S/C30H38N4O3/c1-5-11-26(18-22(2)3)34(28(35)21-37-20-25-19-31-16-17-32-25)29(27-15-10-9-12-23(27)4)30(36)33-24-13-7-6-8-14-24/h5,9-12,15-19,24,29H,2,6-8,13-14,20-21H2,1,3-4H3,(H,33,36). The summed E-state index contributed by atoms with van der Waals surface area (Å²) >= 11 is 0. The molecular weight excluding hydrogens is 464 g/mol. The van der Waals surface area contributed by atoms with Crippen molar-refractivity contribution >= 4 is 11.8 Å². The molecule has 1 aliphatic rings. The van der Waals surface area contributed by atoms with E-state index in [-0.39, 0.29) is 31.1 Å². The third-order valence-electron chi connectivity index (χ3n) is 6.31. The van der Waals surface area contributed by atoms with Crippen molar-refractivity contribution in [1.82, 2.24) is 20.2 Å². The van der Waals surface area contributed by atoms with Gasteiger partial charge in [-0.05, 0) is 56.9 Å². The molecule has 0 saturated heterocycles. The number of nitrogens with one attached hydrogen (secondary N) is 1. The molecule has 196 valence electrons. The highest BCUT2D eigenvalue weighted by Crippen LogP contribution is 2.30. The Hall–Kier alpha value is -3.58. The number of benzene rings is 1. The molecule has 0 bridgehead atoms. The second kappa shape index (κ2) is 14.2. The first kappa shape index (κ1) is 28.0. The number of hydrogen-bond acceptors (Lipinski definition) is 5. The summed E-state index contributed by atoms with van der Waals surface area (Å²) in [6.45, 7) is 9.63. The van der Waals surface area contributed by atoms with E-state index in [0.29, 0.717) is 11.4 Å². The molecule has 1 atom stereocenters. The predicted octanol–water partition coefficient (Wildman–Crippen LogP) is 5.36. The van der Waals surface area contributed by atoms with Crippen molar-refractivity contribution in [2.75, 3.05) is 6.61 Å². The number of rotatable bonds is 11. The molecule has 1 aromatic heterocycles. The van der Waals surface area contributed by atoms with Crippen molar-refractivity contribution < 1.29 is 14.3 Å². The summed E-state index contributed by atoms with van der Waals surface area (Å²) in [5.74, 6) is -0.526. The number of aromatic nitrogens is 2. The number of hydrogen-bond donors (Lipinski definition) is 1. The van der Waals surface area contributed by atoms with Gasteiger partial charge >= 0.3 is 0 Å². The molecule has 7 heteroatoms. The average molecular weight is 503 g/mol. The van der Waals surface area contributed by atoms with Gasteiger partial charge in [-0.3, -0.25) is 24.5 Å². The predicted molar refractivity (Wildman–Crippen MR) is 145 cm³/mol. The summed E-state index contributed by atoms with van der Waals surface area (Å²) in [5.41, 5.74) is 3.67. The number of carbonyl (C=O) groups is 2. The third-order valence-corrected chi connectivity index (χ3v) is 6.31. The van der Waals surface area contributed by atoms with Crippen LogP contribution in [0.5, 0.6) is 0 Å². The molecule has 2 aromatic rings. The zero-order chi connectivity index (χ0) is 26.6. The zero-order valence-corrected chi connectivity index (χ0v) is 22.2. The van der Waals surface area contributed by atoms with Gasteiger partial charge in [0.05, 0.1) is 18.5 Å². The Balaban J connectivity index is 1.99. The van der Waals surface area contributed by atoms with Crippen molar-refractivity contribution in [3.05, 3.63) is 95.8 Å². The van der Waals surface area contributed by atoms with Crippen LogP contribution in [0, 0.1) is 6.92 Å². The van der Waals surface area contributed by atoms with Crippen LogP contribution in [-0.2, 0) is 20.9 Å². The highest BCUT2D eigenvalue weighted by atomic mass is 16.5. The Morgan fingerprint density at radius 3 is 2.62 bits per heavy atom. The molecule has 0 radical (unpaired) electrons. The number of carbonyl (C=O) groups excluding carboxylic acids is 2. The van der Waals surface area contributed by atoms with Gasteiger partial charge in [0.2, 0.25) is 5.91 Å². The number of amides is 2. The lowest BCUT2D eigenvalue weighted by atomic mass is 9.93. The molecule has 2 amide bonds. The molecule has 0 spiro atoms. The third kappa shape index (κ3) is 8.22. The topological polar surface area (TPSA) is 84.4 Å². The number of nitrogens with zero attached hydrogens (tertiary/aromatic N) is 3. The minimum atomic E-state index is -0.863. The monoisotopic (exact) mass is 502 g/mol. The molecular formula is C30H38N4O3. The first-order chi connectivity index (χ1) is 17.9. The second-order valence-electron chi connectivity index (χ2n) is 9.47. The van der Waals surface area contributed by atoms with E-state index in [9.17, 15) is 9.59 Å². The lowest BCUT2D eigenvalue weighted by Gasteiger charge is -2.34. The molecule has 1 heterocycles. The van der Waals surface area contributed by atoms with E-state index in [4.69, 9.17) is 4.74 Å². The molecule has 7 nitrogen and oxygen atoms in total. The molecule has 1 unspecified atom stereocenters. The molecule has 1 aromatic carbocycles. The molecule has 3 rings (SSSR count). The van der Waals surface area contributed by atoms with Crippen LogP contribution in [0.2, 0.25) is 0 Å². The Morgan fingerprint density at radius 2 is 1.97 bits per heavy atom. The first-order valence-corrected chi connectivity index (χ1v) is 12.9. The van der Waals surface area contributed by atoms with Crippen molar-refractivity contribution in [2.24, 2.45) is 0 Å². The fraction of sp³-hybridized carbons (Fsp3) is 0.400. The van der Waals surface area contributed by atoms with Gasteiger partial charge in [-0.15, -0.1) is 0 Å². The van der Waals surface area contributed by atoms with Gasteiger partial charge in [-0.1, -0.05) is 61.8 Å². The summed E-state index contributed by atoms with van der Waals surface area (Å²) in [6.07, 6.45) is 15.5. The normalized spacial score (nSPS) is 15.4. The highest BCUT2D eigenvalue weighted by molar-refractivity contribution is 5.91. The number of allylic oxidation sites excluding steroid dienone is 4. The van der Waals surface area contributed by atoms with Gasteiger partial charge in [0.15, 0.2) is 0 Å². The maximum atomic E-state index is 14.0. The van der Waals surface area contributed by atoms with Crippen LogP contribution in [0.15, 0.2) is 78.9 Å². The van der Waals surface area contributed by atoms with E-state index in [1.54, 1.807) is 23.5 Å². The van der Waals surface area contributed by atoms with E-state index >= 15 is 0 Å². The van der Waals surface area contributed by atoms with Crippen LogP contribution in [0.1, 0.15) is 68.8 Å². The van der Waals surface area contributed by atoms with Gasteiger partial charge in [-0.25, -0.2) is 0 Å². The van der Waals surface area contributed by atoms with Crippen molar-refractivity contribution in [1.29, 1.82) is 0 Å². The second-order valence-corrected chi connectivity index (χ2v) is 9.47. The molecule has 1 saturated carbocycles. The van der Waals surface area contributed by atoms with E-state index < -0.39 is 6.04 Å². The Labute approximate surface area is 220 Å². The van der Waals surface area contributed by atoms with Gasteiger partial charge < -0.3 is 10.1 Å². The summed E-state index contributed by atoms with van der Waals surface area (Å²) in [4.78, 5) is 37.6. The van der Waals surface area contributed by atoms with E-state index in [2.05, 4.69) is 21.9 Å². The van der Waals surface area contributed by atoms with Crippen LogP contribution < -0.4 is 5.32 Å². The fourth-order valence-electron chi connectivity index (χ4n) is 4.59. The molecule has 1 fully saturated rings. The number of aryl methyl sites for hydroxylation is 1. The largest absolute Gasteiger partial charge is 0.365 e. The van der Waals surface area contributed by atoms with Crippen molar-refractivity contribution in [3.8, 4) is 0 Å². The lowest BCUT2D eigenvalue weighted by molar-refractivity contribution is -0.142. The van der Waals surface area contributed by atoms with Crippen LogP contribution in [-0.4, -0.2) is 39.3 Å². The average Bonchev–Trinajstić information content (AvgIpc) is 2.88. The van der Waals surface area contributed by atoms with Crippen LogP contribution >= 0.6 is 0 Å². The van der Waals surface area contributed by atoms with Crippen molar-refractivity contribution in [3.63, 3.8) is 0 Å².